The molecule has 1 aromatic heterocycles. The van der Waals surface area contributed by atoms with Crippen LogP contribution in [-0.2, 0) is 14.8 Å². The van der Waals surface area contributed by atoms with Crippen molar-refractivity contribution in [3.8, 4) is 0 Å². The summed E-state index contributed by atoms with van der Waals surface area (Å²) in [5.74, 6) is 0.0438. The number of piperidine rings is 1. The van der Waals surface area contributed by atoms with Crippen LogP contribution in [0, 0.1) is 10.8 Å². The van der Waals surface area contributed by atoms with Crippen molar-refractivity contribution in [1.82, 2.24) is 19.1 Å². The van der Waals surface area contributed by atoms with Crippen LogP contribution in [0.5, 0.6) is 0 Å². The number of amides is 2. The second-order valence-electron chi connectivity index (χ2n) is 8.56. The average molecular weight is 421 g/mol. The monoisotopic (exact) mass is 420 g/mol. The normalized spacial score (nSPS) is 27.3. The maximum Gasteiger partial charge on any atom is 0.253 e. The molecule has 4 rings (SSSR count). The number of rotatable bonds is 3. The van der Waals surface area contributed by atoms with Crippen LogP contribution >= 0.6 is 0 Å². The van der Waals surface area contributed by atoms with Crippen molar-refractivity contribution < 1.29 is 18.0 Å². The number of fused-ring (bicyclic) bond motifs is 1. The Morgan fingerprint density at radius 2 is 1.76 bits per heavy atom. The lowest BCUT2D eigenvalue weighted by molar-refractivity contribution is -0.141. The fourth-order valence-corrected chi connectivity index (χ4v) is 6.41. The van der Waals surface area contributed by atoms with Gasteiger partial charge in [-0.15, -0.1) is 0 Å². The van der Waals surface area contributed by atoms with Crippen LogP contribution in [0.15, 0.2) is 24.5 Å². The van der Waals surface area contributed by atoms with Crippen LogP contribution in [0.1, 0.15) is 36.5 Å². The Bertz CT molecular complexity index is 912. The summed E-state index contributed by atoms with van der Waals surface area (Å²) in [4.78, 5) is 33.8. The van der Waals surface area contributed by atoms with Gasteiger partial charge in [0, 0.05) is 62.6 Å². The molecule has 2 amide bonds. The van der Waals surface area contributed by atoms with Gasteiger partial charge in [-0.2, -0.15) is 0 Å². The molecule has 8 nitrogen and oxygen atoms in total. The van der Waals surface area contributed by atoms with Crippen LogP contribution < -0.4 is 0 Å². The number of aromatic nitrogens is 1. The van der Waals surface area contributed by atoms with E-state index in [1.807, 2.05) is 16.7 Å². The summed E-state index contributed by atoms with van der Waals surface area (Å²) >= 11 is 0. The van der Waals surface area contributed by atoms with Gasteiger partial charge in [-0.3, -0.25) is 14.6 Å². The van der Waals surface area contributed by atoms with Gasteiger partial charge in [-0.25, -0.2) is 12.7 Å². The third-order valence-corrected chi connectivity index (χ3v) is 8.43. The van der Waals surface area contributed by atoms with Gasteiger partial charge < -0.3 is 9.80 Å². The molecule has 0 bridgehead atoms. The third-order valence-electron chi connectivity index (χ3n) is 7.23. The van der Waals surface area contributed by atoms with E-state index in [-0.39, 0.29) is 18.4 Å². The summed E-state index contributed by atoms with van der Waals surface area (Å²) in [6.07, 6.45) is 6.39. The molecule has 3 saturated heterocycles. The Kier molecular flexibility index (Phi) is 4.93. The van der Waals surface area contributed by atoms with Gasteiger partial charge in [0.05, 0.1) is 11.7 Å². The van der Waals surface area contributed by atoms with Crippen LogP contribution in [0.25, 0.3) is 0 Å². The van der Waals surface area contributed by atoms with E-state index in [0.717, 1.165) is 0 Å². The quantitative estimate of drug-likeness (QED) is 0.722. The number of carbonyl (C=O) groups is 2. The van der Waals surface area contributed by atoms with Gasteiger partial charge >= 0.3 is 0 Å². The maximum absolute atomic E-state index is 13.4. The molecule has 3 aliphatic rings. The zero-order valence-corrected chi connectivity index (χ0v) is 17.8. The molecule has 0 aromatic carbocycles. The highest BCUT2D eigenvalue weighted by Crippen LogP contribution is 2.58. The predicted octanol–water partition coefficient (Wildman–Crippen LogP) is 0.818. The highest BCUT2D eigenvalue weighted by atomic mass is 32.2. The average Bonchev–Trinajstić information content (AvgIpc) is 3.21. The first-order chi connectivity index (χ1) is 13.7. The Morgan fingerprint density at radius 1 is 1.10 bits per heavy atom. The zero-order valence-electron chi connectivity index (χ0n) is 17.0. The lowest BCUT2D eigenvalue weighted by Gasteiger charge is -2.47. The van der Waals surface area contributed by atoms with Gasteiger partial charge in [0.25, 0.3) is 5.91 Å². The van der Waals surface area contributed by atoms with E-state index in [9.17, 15) is 18.0 Å². The molecular weight excluding hydrogens is 392 g/mol. The van der Waals surface area contributed by atoms with Crippen LogP contribution in [-0.4, -0.2) is 84.8 Å². The van der Waals surface area contributed by atoms with E-state index in [1.165, 1.54) is 10.6 Å². The predicted molar refractivity (Wildman–Crippen MR) is 108 cm³/mol. The summed E-state index contributed by atoms with van der Waals surface area (Å²) < 4.78 is 26.2. The second kappa shape index (κ2) is 7.05. The van der Waals surface area contributed by atoms with Gasteiger partial charge in [-0.05, 0) is 38.3 Å². The molecule has 9 heteroatoms. The fraction of sp³-hybridized carbons (Fsp3) is 0.650. The Labute approximate surface area is 171 Å². The van der Waals surface area contributed by atoms with Crippen molar-refractivity contribution in [3.05, 3.63) is 30.1 Å². The van der Waals surface area contributed by atoms with E-state index in [1.54, 1.807) is 24.5 Å². The largest absolute Gasteiger partial charge is 0.342 e. The zero-order chi connectivity index (χ0) is 20.9. The molecule has 0 saturated carbocycles. The maximum atomic E-state index is 13.4. The number of hydrogen-bond acceptors (Lipinski definition) is 5. The van der Waals surface area contributed by atoms with Crippen molar-refractivity contribution in [1.29, 1.82) is 0 Å². The van der Waals surface area contributed by atoms with Crippen molar-refractivity contribution in [2.75, 3.05) is 45.5 Å². The topological polar surface area (TPSA) is 90.9 Å². The molecule has 3 aliphatic heterocycles. The molecule has 29 heavy (non-hydrogen) atoms. The van der Waals surface area contributed by atoms with E-state index < -0.39 is 20.9 Å². The molecule has 0 unspecified atom stereocenters. The van der Waals surface area contributed by atoms with Crippen molar-refractivity contribution in [2.24, 2.45) is 10.8 Å². The lowest BCUT2D eigenvalue weighted by Crippen LogP contribution is -2.53. The molecular formula is C20H28N4O4S. The van der Waals surface area contributed by atoms with E-state index >= 15 is 0 Å². The molecule has 158 valence electrons. The molecule has 1 aromatic rings. The van der Waals surface area contributed by atoms with Gasteiger partial charge in [0.15, 0.2) is 0 Å². The molecule has 0 radical (unpaired) electrons. The lowest BCUT2D eigenvalue weighted by atomic mass is 9.60. The van der Waals surface area contributed by atoms with Crippen molar-refractivity contribution in [2.45, 2.75) is 26.2 Å². The minimum Gasteiger partial charge on any atom is -0.342 e. The van der Waals surface area contributed by atoms with E-state index in [4.69, 9.17) is 0 Å². The molecule has 2 spiro atoms. The number of carbonyl (C=O) groups excluding carboxylic acids is 2. The van der Waals surface area contributed by atoms with Crippen molar-refractivity contribution in [3.63, 3.8) is 0 Å². The van der Waals surface area contributed by atoms with Gasteiger partial charge in [0.1, 0.15) is 0 Å². The first kappa shape index (κ1) is 20.3. The number of pyridine rings is 1. The second-order valence-corrected chi connectivity index (χ2v) is 10.5. The molecule has 3 fully saturated rings. The fourth-order valence-electron chi connectivity index (χ4n) is 5.48. The smallest absolute Gasteiger partial charge is 0.253 e. The number of hydrogen-bond donors (Lipinski definition) is 0. The van der Waals surface area contributed by atoms with Crippen LogP contribution in [0.4, 0.5) is 0 Å². The summed E-state index contributed by atoms with van der Waals surface area (Å²) in [7, 11) is -3.39. The van der Waals surface area contributed by atoms with Crippen molar-refractivity contribution >= 4 is 21.8 Å². The van der Waals surface area contributed by atoms with Crippen LogP contribution in [0.2, 0.25) is 0 Å². The highest BCUT2D eigenvalue weighted by Gasteiger charge is 2.66. The Hall–Kier alpha value is -2.00. The molecule has 0 N–H and O–H groups in total. The molecule has 0 aliphatic carbocycles. The first-order valence-electron chi connectivity index (χ1n) is 10.2. The summed E-state index contributed by atoms with van der Waals surface area (Å²) in [6.45, 7) is 4.96. The van der Waals surface area contributed by atoms with Gasteiger partial charge in [-0.1, -0.05) is 0 Å². The Balaban J connectivity index is 1.60. The van der Waals surface area contributed by atoms with Crippen LogP contribution in [0.3, 0.4) is 0 Å². The highest BCUT2D eigenvalue weighted by molar-refractivity contribution is 7.88. The summed E-state index contributed by atoms with van der Waals surface area (Å²) in [5, 5.41) is 0. The standard InChI is InChI=1S/C20H28N4O4S/c1-3-22-13-8-20(18(22)26)15-24(29(2,27)28)14-19(20)6-11-23(12-7-19)17(25)16-4-9-21-10-5-16/h4-5,9-10H,3,6-8,11-15H2,1-2H3/t20-/m0/s1. The number of likely N-dealkylation sites (tertiary alicyclic amines) is 2. The van der Waals surface area contributed by atoms with E-state index in [2.05, 4.69) is 4.98 Å². The molecule has 1 atom stereocenters. The minimum absolute atomic E-state index is 0.0396. The Morgan fingerprint density at radius 3 is 2.31 bits per heavy atom. The SMILES string of the molecule is CCN1CC[C@]2(CN(S(C)(=O)=O)CC23CCN(C(=O)c2ccncc2)CC3)C1=O. The summed E-state index contributed by atoms with van der Waals surface area (Å²) in [5.41, 5.74) is -0.478. The minimum atomic E-state index is -3.39. The number of nitrogens with zero attached hydrogens (tertiary/aromatic N) is 4. The number of sulfonamides is 1. The summed E-state index contributed by atoms with van der Waals surface area (Å²) in [6, 6.07) is 3.41. The molecule has 4 heterocycles. The van der Waals surface area contributed by atoms with E-state index in [0.29, 0.717) is 57.5 Å². The third kappa shape index (κ3) is 3.15. The first-order valence-corrected chi connectivity index (χ1v) is 12.0. The van der Waals surface area contributed by atoms with Gasteiger partial charge in [0.2, 0.25) is 15.9 Å².